The number of aliphatic imine (C=N–C) groups is 1. The molecule has 0 aliphatic heterocycles. The van der Waals surface area contributed by atoms with Crippen molar-refractivity contribution in [2.75, 3.05) is 0 Å². The molecule has 1 N–H and O–H groups in total. The van der Waals surface area contributed by atoms with E-state index in [1.165, 1.54) is 0 Å². The molecule has 5 heteroatoms. The molecule has 0 radical (unpaired) electrons. The predicted octanol–water partition coefficient (Wildman–Crippen LogP) is 4.52. The molecule has 0 atom stereocenters. The van der Waals surface area contributed by atoms with Crippen LogP contribution in [0.25, 0.3) is 0 Å². The third-order valence-corrected chi connectivity index (χ3v) is 2.05. The van der Waals surface area contributed by atoms with Crippen molar-refractivity contribution in [2.24, 2.45) is 4.99 Å². The van der Waals surface area contributed by atoms with Gasteiger partial charge in [-0.15, -0.1) is 0 Å². The summed E-state index contributed by atoms with van der Waals surface area (Å²) in [6.45, 7) is 0. The average Bonchev–Trinajstić information content (AvgIpc) is 2.40. The zero-order valence-corrected chi connectivity index (χ0v) is 12.5. The van der Waals surface area contributed by atoms with Gasteiger partial charge in [-0.1, -0.05) is 30.3 Å². The SMILES string of the molecule is Oc1ccccc1C=Nc1ccccc1.[Cl][Ti][Cl]. The summed E-state index contributed by atoms with van der Waals surface area (Å²) < 4.78 is 0. The number of halogens is 2. The molecular formula is C13H11Cl2NOTi. The van der Waals surface area contributed by atoms with Crippen LogP contribution in [0.1, 0.15) is 5.56 Å². The van der Waals surface area contributed by atoms with E-state index in [0.717, 1.165) is 11.3 Å². The molecule has 92 valence electrons. The fourth-order valence-corrected chi connectivity index (χ4v) is 1.25. The molecule has 0 fully saturated rings. The third kappa shape index (κ3) is 5.70. The van der Waals surface area contributed by atoms with Crippen LogP contribution in [0.15, 0.2) is 59.6 Å². The van der Waals surface area contributed by atoms with Crippen LogP contribution in [-0.2, 0) is 17.0 Å². The number of rotatable bonds is 2. The Morgan fingerprint density at radius 2 is 1.50 bits per heavy atom. The number of hydrogen-bond acceptors (Lipinski definition) is 2. The molecule has 0 saturated heterocycles. The van der Waals surface area contributed by atoms with Gasteiger partial charge in [-0.05, 0) is 24.3 Å². The summed E-state index contributed by atoms with van der Waals surface area (Å²) in [6, 6.07) is 16.7. The Hall–Kier alpha value is -0.796. The Morgan fingerprint density at radius 1 is 0.944 bits per heavy atom. The number of nitrogens with zero attached hydrogens (tertiary/aromatic N) is 1. The number of phenols is 1. The first-order valence-corrected chi connectivity index (χ1v) is 9.41. The van der Waals surface area contributed by atoms with Crippen molar-refractivity contribution in [3.63, 3.8) is 0 Å². The van der Waals surface area contributed by atoms with Gasteiger partial charge in [0.05, 0.1) is 5.69 Å². The monoisotopic (exact) mass is 315 g/mol. The Kier molecular flexibility index (Phi) is 7.78. The molecule has 0 heterocycles. The van der Waals surface area contributed by atoms with Crippen LogP contribution in [0.5, 0.6) is 5.75 Å². The Balaban J connectivity index is 0.000000492. The van der Waals surface area contributed by atoms with Crippen LogP contribution in [-0.4, -0.2) is 11.3 Å². The zero-order chi connectivity index (χ0) is 13.2. The van der Waals surface area contributed by atoms with E-state index in [9.17, 15) is 5.11 Å². The predicted molar refractivity (Wildman–Crippen MR) is 73.5 cm³/mol. The number of aromatic hydroxyl groups is 1. The molecule has 0 saturated carbocycles. The van der Waals surface area contributed by atoms with Crippen LogP contribution < -0.4 is 0 Å². The van der Waals surface area contributed by atoms with E-state index in [-0.39, 0.29) is 5.75 Å². The standard InChI is InChI=1S/C13H11NO.2ClH.Ti/c15-13-9-5-4-6-11(13)10-14-12-7-2-1-3-8-12;;;/h1-10,15H;2*1H;/q;;;+2/p-2. The first-order valence-electron chi connectivity index (χ1n) is 5.11. The maximum absolute atomic E-state index is 9.50. The molecule has 0 aromatic heterocycles. The second kappa shape index (κ2) is 9.18. The number of benzene rings is 2. The van der Waals surface area contributed by atoms with Gasteiger partial charge < -0.3 is 5.11 Å². The molecule has 2 aromatic rings. The van der Waals surface area contributed by atoms with Crippen LogP contribution in [0.4, 0.5) is 5.69 Å². The second-order valence-corrected chi connectivity index (χ2v) is 5.80. The number of para-hydroxylation sites is 2. The minimum absolute atomic E-state index is 0.247. The minimum atomic E-state index is -0.556. The van der Waals surface area contributed by atoms with Crippen molar-refractivity contribution in [1.82, 2.24) is 0 Å². The second-order valence-electron chi connectivity index (χ2n) is 3.22. The molecule has 2 rings (SSSR count). The molecule has 2 aromatic carbocycles. The zero-order valence-electron chi connectivity index (χ0n) is 9.42. The van der Waals surface area contributed by atoms with E-state index < -0.39 is 17.0 Å². The van der Waals surface area contributed by atoms with Crippen LogP contribution in [0, 0.1) is 0 Å². The van der Waals surface area contributed by atoms with Crippen molar-refractivity contribution >= 4 is 30.5 Å². The van der Waals surface area contributed by atoms with Gasteiger partial charge in [-0.3, -0.25) is 4.99 Å². The third-order valence-electron chi connectivity index (χ3n) is 2.05. The summed E-state index contributed by atoms with van der Waals surface area (Å²) in [6.07, 6.45) is 1.66. The van der Waals surface area contributed by atoms with Gasteiger partial charge in [0.2, 0.25) is 0 Å². The normalized spacial score (nSPS) is 9.67. The number of phenolic OH excluding ortho intramolecular Hbond substituents is 1. The van der Waals surface area contributed by atoms with Crippen LogP contribution in [0.2, 0.25) is 0 Å². The Morgan fingerprint density at radius 3 is 2.11 bits per heavy atom. The van der Waals surface area contributed by atoms with E-state index in [1.807, 2.05) is 42.5 Å². The van der Waals surface area contributed by atoms with Crippen LogP contribution >= 0.6 is 18.6 Å². The van der Waals surface area contributed by atoms with Gasteiger partial charge in [0, 0.05) is 11.8 Å². The first-order chi connectivity index (χ1) is 8.77. The molecule has 0 bridgehead atoms. The molecule has 0 aliphatic carbocycles. The van der Waals surface area contributed by atoms with Gasteiger partial charge in [0.1, 0.15) is 5.75 Å². The summed E-state index contributed by atoms with van der Waals surface area (Å²) in [5.41, 5.74) is 1.60. The van der Waals surface area contributed by atoms with Crippen molar-refractivity contribution in [3.8, 4) is 5.75 Å². The molecule has 0 spiro atoms. The van der Waals surface area contributed by atoms with E-state index in [4.69, 9.17) is 18.6 Å². The fraction of sp³-hybridized carbons (Fsp3) is 0. The van der Waals surface area contributed by atoms with Gasteiger partial charge in [0.25, 0.3) is 0 Å². The van der Waals surface area contributed by atoms with Crippen molar-refractivity contribution in [3.05, 3.63) is 60.2 Å². The van der Waals surface area contributed by atoms with E-state index in [2.05, 4.69) is 4.99 Å². The van der Waals surface area contributed by atoms with Gasteiger partial charge in [-0.25, -0.2) is 0 Å². The van der Waals surface area contributed by atoms with Crippen molar-refractivity contribution < 1.29 is 22.1 Å². The summed E-state index contributed by atoms with van der Waals surface area (Å²) in [5, 5.41) is 9.50. The molecule has 0 amide bonds. The van der Waals surface area contributed by atoms with Crippen molar-refractivity contribution in [1.29, 1.82) is 0 Å². The van der Waals surface area contributed by atoms with E-state index in [1.54, 1.807) is 18.3 Å². The Bertz CT molecular complexity index is 491. The van der Waals surface area contributed by atoms with E-state index >= 15 is 0 Å². The van der Waals surface area contributed by atoms with Gasteiger partial charge >= 0.3 is 35.6 Å². The Labute approximate surface area is 123 Å². The average molecular weight is 316 g/mol. The first kappa shape index (κ1) is 15.3. The molecule has 0 aliphatic rings. The summed E-state index contributed by atoms with van der Waals surface area (Å²) in [7, 11) is 9.78. The van der Waals surface area contributed by atoms with Crippen molar-refractivity contribution in [2.45, 2.75) is 0 Å². The molecular weight excluding hydrogens is 305 g/mol. The quantitative estimate of drug-likeness (QED) is 0.641. The molecule has 2 nitrogen and oxygen atoms in total. The van der Waals surface area contributed by atoms with Gasteiger partial charge in [-0.2, -0.15) is 0 Å². The van der Waals surface area contributed by atoms with E-state index in [0.29, 0.717) is 0 Å². The van der Waals surface area contributed by atoms with Gasteiger partial charge in [0.15, 0.2) is 0 Å². The maximum atomic E-state index is 9.50. The van der Waals surface area contributed by atoms with Crippen LogP contribution in [0.3, 0.4) is 0 Å². The summed E-state index contributed by atoms with van der Waals surface area (Å²) in [5.74, 6) is 0.247. The fourth-order valence-electron chi connectivity index (χ4n) is 1.25. The summed E-state index contributed by atoms with van der Waals surface area (Å²) in [4.78, 5) is 4.25. The molecule has 0 unspecified atom stereocenters. The summed E-state index contributed by atoms with van der Waals surface area (Å²) >= 11 is -0.556. The number of hydrogen-bond donors (Lipinski definition) is 1. The topological polar surface area (TPSA) is 32.6 Å². The molecule has 18 heavy (non-hydrogen) atoms.